The van der Waals surface area contributed by atoms with E-state index >= 15 is 0 Å². The summed E-state index contributed by atoms with van der Waals surface area (Å²) in [6, 6.07) is 0. The minimum absolute atomic E-state index is 0. The van der Waals surface area contributed by atoms with Crippen molar-refractivity contribution in [2.24, 2.45) is 0 Å². The zero-order valence-electron chi connectivity index (χ0n) is 5.52. The SMILES string of the molecule is [LiH].[PbH2].[SiH3]C1CCCCO1. The third-order valence-electron chi connectivity index (χ3n) is 1.41. The van der Waals surface area contributed by atoms with Crippen LogP contribution < -0.4 is 0 Å². The second kappa shape index (κ2) is 7.80. The van der Waals surface area contributed by atoms with E-state index in [1.165, 1.54) is 29.5 Å². The number of hydrogen-bond acceptors (Lipinski definition) is 1. The van der Waals surface area contributed by atoms with Gasteiger partial charge in [-0.1, -0.05) is 0 Å². The summed E-state index contributed by atoms with van der Waals surface area (Å²) in [6.07, 6.45) is 4.01. The number of rotatable bonds is 0. The summed E-state index contributed by atoms with van der Waals surface area (Å²) in [4.78, 5) is 0. The van der Waals surface area contributed by atoms with Gasteiger partial charge in [0.1, 0.15) is 0 Å². The molecule has 0 amide bonds. The van der Waals surface area contributed by atoms with Crippen LogP contribution >= 0.6 is 0 Å². The van der Waals surface area contributed by atoms with E-state index in [2.05, 4.69) is 0 Å². The van der Waals surface area contributed by atoms with Crippen molar-refractivity contribution in [3.8, 4) is 0 Å². The molecule has 0 saturated carbocycles. The summed E-state index contributed by atoms with van der Waals surface area (Å²) >= 11 is 0. The second-order valence-electron chi connectivity index (χ2n) is 2.18. The fourth-order valence-corrected chi connectivity index (χ4v) is 1.55. The number of ether oxygens (including phenoxy) is 1. The molecule has 0 aliphatic carbocycles. The van der Waals surface area contributed by atoms with Crippen LogP contribution in [0.1, 0.15) is 19.3 Å². The summed E-state index contributed by atoms with van der Waals surface area (Å²) in [6.45, 7) is 1.02. The molecular weight excluding hydrogens is 318 g/mol. The average molecular weight is 333 g/mol. The van der Waals surface area contributed by atoms with E-state index in [-0.39, 0.29) is 46.2 Å². The zero-order valence-corrected chi connectivity index (χ0v) is 13.0. The van der Waals surface area contributed by atoms with Crippen molar-refractivity contribution in [2.75, 3.05) is 6.61 Å². The molecule has 1 heterocycles. The molecule has 0 aromatic rings. The summed E-state index contributed by atoms with van der Waals surface area (Å²) in [7, 11) is 1.23. The fourth-order valence-electron chi connectivity index (χ4n) is 0.902. The number of hydrogen-bond donors (Lipinski definition) is 0. The monoisotopic (exact) mass is 334 g/mol. The summed E-state index contributed by atoms with van der Waals surface area (Å²) < 4.78 is 5.34. The largest absolute Gasteiger partial charge is 0.383 e. The molecular formula is C5H15LiOPbSi. The van der Waals surface area contributed by atoms with Gasteiger partial charge in [-0.15, -0.1) is 0 Å². The van der Waals surface area contributed by atoms with E-state index in [0.29, 0.717) is 5.73 Å². The first-order chi connectivity index (χ1) is 3.39. The van der Waals surface area contributed by atoms with Crippen LogP contribution in [-0.2, 0) is 4.74 Å². The van der Waals surface area contributed by atoms with Gasteiger partial charge in [0.25, 0.3) is 0 Å². The Bertz CT molecular complexity index is 58.9. The van der Waals surface area contributed by atoms with Crippen molar-refractivity contribution in [1.29, 1.82) is 0 Å². The quantitative estimate of drug-likeness (QED) is 0.481. The van der Waals surface area contributed by atoms with Crippen molar-refractivity contribution in [1.82, 2.24) is 0 Å². The van der Waals surface area contributed by atoms with Crippen LogP contribution in [0, 0.1) is 0 Å². The van der Waals surface area contributed by atoms with Gasteiger partial charge in [0, 0.05) is 22.6 Å². The van der Waals surface area contributed by atoms with Crippen molar-refractivity contribution >= 4 is 56.4 Å². The molecule has 0 aromatic carbocycles. The van der Waals surface area contributed by atoms with Crippen molar-refractivity contribution in [3.05, 3.63) is 0 Å². The molecule has 1 unspecified atom stereocenters. The molecule has 0 bridgehead atoms. The predicted octanol–water partition coefficient (Wildman–Crippen LogP) is -1.69. The average Bonchev–Trinajstić information content (AvgIpc) is 1.69. The Balaban J connectivity index is 0. The molecule has 0 aromatic heterocycles. The molecule has 50 valence electrons. The Morgan fingerprint density at radius 2 is 2.00 bits per heavy atom. The van der Waals surface area contributed by atoms with E-state index in [1.54, 1.807) is 0 Å². The van der Waals surface area contributed by atoms with Gasteiger partial charge in [-0.2, -0.15) is 0 Å². The van der Waals surface area contributed by atoms with Crippen molar-refractivity contribution < 1.29 is 4.74 Å². The molecule has 1 aliphatic rings. The predicted molar refractivity (Wildman–Crippen MR) is 49.2 cm³/mol. The van der Waals surface area contributed by atoms with E-state index in [0.717, 1.165) is 6.61 Å². The molecule has 4 heteroatoms. The summed E-state index contributed by atoms with van der Waals surface area (Å²) in [5.41, 5.74) is 0.675. The first kappa shape index (κ1) is 13.3. The van der Waals surface area contributed by atoms with Gasteiger partial charge in [-0.25, -0.2) is 0 Å². The minimum Gasteiger partial charge on any atom is -0.383 e. The van der Waals surface area contributed by atoms with Crippen LogP contribution in [0.5, 0.6) is 0 Å². The van der Waals surface area contributed by atoms with E-state index in [1.807, 2.05) is 0 Å². The van der Waals surface area contributed by atoms with E-state index < -0.39 is 0 Å². The molecule has 2 radical (unpaired) electrons. The van der Waals surface area contributed by atoms with Gasteiger partial charge < -0.3 is 4.74 Å². The molecule has 0 N–H and O–H groups in total. The fraction of sp³-hybridized carbons (Fsp3) is 1.00. The Labute approximate surface area is 92.1 Å². The Morgan fingerprint density at radius 3 is 2.22 bits per heavy atom. The minimum atomic E-state index is 0. The topological polar surface area (TPSA) is 9.23 Å². The van der Waals surface area contributed by atoms with Crippen molar-refractivity contribution in [2.45, 2.75) is 25.0 Å². The van der Waals surface area contributed by atoms with Crippen LogP contribution in [0.15, 0.2) is 0 Å². The Morgan fingerprint density at radius 1 is 1.33 bits per heavy atom. The van der Waals surface area contributed by atoms with Crippen LogP contribution in [0.25, 0.3) is 0 Å². The first-order valence-electron chi connectivity index (χ1n) is 3.01. The molecule has 1 nitrogen and oxygen atoms in total. The third-order valence-corrected chi connectivity index (χ3v) is 2.32. The first-order valence-corrected chi connectivity index (χ1v) is 4.16. The van der Waals surface area contributed by atoms with Crippen LogP contribution in [0.2, 0.25) is 0 Å². The molecule has 0 spiro atoms. The van der Waals surface area contributed by atoms with Gasteiger partial charge in [-0.05, 0) is 19.3 Å². The maximum absolute atomic E-state index is 5.34. The van der Waals surface area contributed by atoms with Gasteiger partial charge >= 0.3 is 46.2 Å². The van der Waals surface area contributed by atoms with Crippen LogP contribution in [0.3, 0.4) is 0 Å². The standard InChI is InChI=1S/C5H12OSi.Li.Pb.3H/c7-5-3-1-2-4-6-5;;;;;/h5H,1-4H2,7H3;;;;;. The smallest absolute Gasteiger partial charge is 0.0465 e. The van der Waals surface area contributed by atoms with E-state index in [9.17, 15) is 0 Å². The Hall–Kier alpha value is 1.70. The zero-order chi connectivity index (χ0) is 5.11. The molecule has 1 rings (SSSR count). The third kappa shape index (κ3) is 6.11. The molecule has 9 heavy (non-hydrogen) atoms. The van der Waals surface area contributed by atoms with Crippen molar-refractivity contribution in [3.63, 3.8) is 0 Å². The second-order valence-corrected chi connectivity index (χ2v) is 3.47. The van der Waals surface area contributed by atoms with Gasteiger partial charge in [0.15, 0.2) is 0 Å². The normalized spacial score (nSPS) is 26.0. The van der Waals surface area contributed by atoms with Crippen LogP contribution in [-0.4, -0.2) is 68.7 Å². The Kier molecular flexibility index (Phi) is 11.5. The molecule has 1 saturated heterocycles. The van der Waals surface area contributed by atoms with Gasteiger partial charge in [0.05, 0.1) is 0 Å². The maximum Gasteiger partial charge on any atom is 0.0465 e. The summed E-state index contributed by atoms with van der Waals surface area (Å²) in [5.74, 6) is 0. The van der Waals surface area contributed by atoms with Crippen LogP contribution in [0.4, 0.5) is 0 Å². The molecule has 1 atom stereocenters. The maximum atomic E-state index is 5.34. The van der Waals surface area contributed by atoms with Gasteiger partial charge in [0.2, 0.25) is 0 Å². The summed E-state index contributed by atoms with van der Waals surface area (Å²) in [5, 5.41) is 0. The molecule has 1 aliphatic heterocycles. The molecule has 1 fully saturated rings. The van der Waals surface area contributed by atoms with E-state index in [4.69, 9.17) is 4.74 Å². The van der Waals surface area contributed by atoms with Gasteiger partial charge in [-0.3, -0.25) is 0 Å².